The Bertz CT molecular complexity index is 967. The molecule has 0 atom stereocenters. The van der Waals surface area contributed by atoms with Crippen molar-refractivity contribution in [3.8, 4) is 11.5 Å². The van der Waals surface area contributed by atoms with Gasteiger partial charge < -0.3 is 8.92 Å². The Labute approximate surface area is 139 Å². The van der Waals surface area contributed by atoms with Crippen molar-refractivity contribution in [3.63, 3.8) is 0 Å². The van der Waals surface area contributed by atoms with Crippen molar-refractivity contribution in [2.24, 2.45) is 0 Å². The van der Waals surface area contributed by atoms with Gasteiger partial charge in [-0.15, -0.1) is 0 Å². The second kappa shape index (κ2) is 6.10. The average molecular weight is 349 g/mol. The number of hydrogen-bond acceptors (Lipinski definition) is 4. The molecule has 0 bridgehead atoms. The van der Waals surface area contributed by atoms with E-state index in [0.29, 0.717) is 5.02 Å². The van der Waals surface area contributed by atoms with Crippen LogP contribution in [0.3, 0.4) is 0 Å². The molecule has 0 radical (unpaired) electrons. The molecular formula is C17H13ClO4S. The number of hydrogen-bond donors (Lipinski definition) is 0. The summed E-state index contributed by atoms with van der Waals surface area (Å²) in [4.78, 5) is -0.0717. The zero-order chi connectivity index (χ0) is 16.4. The van der Waals surface area contributed by atoms with Crippen LogP contribution in [0.25, 0.3) is 10.8 Å². The molecule has 3 aromatic carbocycles. The summed E-state index contributed by atoms with van der Waals surface area (Å²) in [7, 11) is -2.65. The van der Waals surface area contributed by atoms with Gasteiger partial charge in [0.15, 0.2) is 0 Å². The minimum absolute atomic E-state index is 0.0717. The molecule has 0 spiro atoms. The molecule has 0 unspecified atom stereocenters. The van der Waals surface area contributed by atoms with Crippen molar-refractivity contribution in [3.05, 3.63) is 65.7 Å². The first-order valence-electron chi connectivity index (χ1n) is 6.76. The fraction of sp³-hybridized carbons (Fsp3) is 0.0588. The molecule has 6 heteroatoms. The largest absolute Gasteiger partial charge is 0.495 e. The molecule has 0 aliphatic carbocycles. The summed E-state index contributed by atoms with van der Waals surface area (Å²) < 4.78 is 35.3. The number of fused-ring (bicyclic) bond motifs is 1. The lowest BCUT2D eigenvalue weighted by Crippen LogP contribution is -2.11. The molecule has 4 nitrogen and oxygen atoms in total. The first-order valence-corrected chi connectivity index (χ1v) is 8.55. The zero-order valence-corrected chi connectivity index (χ0v) is 13.8. The van der Waals surface area contributed by atoms with Crippen molar-refractivity contribution in [2.75, 3.05) is 7.11 Å². The third-order valence-corrected chi connectivity index (χ3v) is 4.84. The van der Waals surface area contributed by atoms with Gasteiger partial charge in [0.05, 0.1) is 7.11 Å². The molecule has 0 fully saturated rings. The quantitative estimate of drug-likeness (QED) is 0.661. The van der Waals surface area contributed by atoms with Crippen molar-refractivity contribution in [1.29, 1.82) is 0 Å². The summed E-state index contributed by atoms with van der Waals surface area (Å²) in [5.41, 5.74) is 0. The topological polar surface area (TPSA) is 52.6 Å². The van der Waals surface area contributed by atoms with Gasteiger partial charge in [-0.3, -0.25) is 0 Å². The molecule has 0 N–H and O–H groups in total. The van der Waals surface area contributed by atoms with E-state index in [1.165, 1.54) is 25.3 Å². The summed E-state index contributed by atoms with van der Waals surface area (Å²) in [6, 6.07) is 17.0. The van der Waals surface area contributed by atoms with Gasteiger partial charge >= 0.3 is 10.1 Å². The standard InChI is InChI=1S/C17H13ClO4S/c1-21-16-11-14(18)7-9-17(16)23(19,20)22-15-8-6-12-4-2-3-5-13(12)10-15/h2-11H,1H3. The van der Waals surface area contributed by atoms with E-state index in [0.717, 1.165) is 10.8 Å². The van der Waals surface area contributed by atoms with Gasteiger partial charge in [0.25, 0.3) is 0 Å². The van der Waals surface area contributed by atoms with Gasteiger partial charge in [0, 0.05) is 11.1 Å². The van der Waals surface area contributed by atoms with Crippen LogP contribution >= 0.6 is 11.6 Å². The van der Waals surface area contributed by atoms with Crippen LogP contribution in [0.4, 0.5) is 0 Å². The highest BCUT2D eigenvalue weighted by Gasteiger charge is 2.22. The Morgan fingerprint density at radius 3 is 2.39 bits per heavy atom. The summed E-state index contributed by atoms with van der Waals surface area (Å²) in [5, 5.41) is 2.27. The van der Waals surface area contributed by atoms with E-state index in [1.807, 2.05) is 24.3 Å². The van der Waals surface area contributed by atoms with Crippen LogP contribution in [0.15, 0.2) is 65.6 Å². The van der Waals surface area contributed by atoms with Gasteiger partial charge in [0.1, 0.15) is 16.4 Å². The van der Waals surface area contributed by atoms with Gasteiger partial charge in [0.2, 0.25) is 0 Å². The minimum Gasteiger partial charge on any atom is -0.495 e. The summed E-state index contributed by atoms with van der Waals surface area (Å²) in [6.45, 7) is 0. The van der Waals surface area contributed by atoms with E-state index in [2.05, 4.69) is 0 Å². The lowest BCUT2D eigenvalue weighted by molar-refractivity contribution is 0.398. The normalized spacial score (nSPS) is 11.4. The second-order valence-corrected chi connectivity index (χ2v) is 6.79. The Balaban J connectivity index is 1.99. The first kappa shape index (κ1) is 15.6. The van der Waals surface area contributed by atoms with Gasteiger partial charge in [-0.05, 0) is 35.0 Å². The molecule has 118 valence electrons. The molecule has 23 heavy (non-hydrogen) atoms. The Morgan fingerprint density at radius 1 is 0.913 bits per heavy atom. The van der Waals surface area contributed by atoms with Crippen LogP contribution in [0.2, 0.25) is 5.02 Å². The highest BCUT2D eigenvalue weighted by atomic mass is 35.5. The Kier molecular flexibility index (Phi) is 4.15. The number of rotatable bonds is 4. The molecule has 0 saturated heterocycles. The number of halogens is 1. The summed E-state index contributed by atoms with van der Waals surface area (Å²) in [6.07, 6.45) is 0. The summed E-state index contributed by atoms with van der Waals surface area (Å²) in [5.74, 6) is 0.374. The Morgan fingerprint density at radius 2 is 1.65 bits per heavy atom. The lowest BCUT2D eigenvalue weighted by Gasteiger charge is -2.11. The van der Waals surface area contributed by atoms with E-state index in [-0.39, 0.29) is 16.4 Å². The number of benzene rings is 3. The highest BCUT2D eigenvalue weighted by molar-refractivity contribution is 7.87. The molecule has 0 aliphatic rings. The van der Waals surface area contributed by atoms with Gasteiger partial charge in [-0.2, -0.15) is 8.42 Å². The van der Waals surface area contributed by atoms with Gasteiger partial charge in [-0.1, -0.05) is 41.9 Å². The Hall–Kier alpha value is -2.24. The maximum Gasteiger partial charge on any atom is 0.342 e. The van der Waals surface area contributed by atoms with E-state index in [1.54, 1.807) is 18.2 Å². The molecule has 3 aromatic rings. The van der Waals surface area contributed by atoms with Crippen molar-refractivity contribution < 1.29 is 17.3 Å². The van der Waals surface area contributed by atoms with Crippen LogP contribution in [-0.2, 0) is 10.1 Å². The minimum atomic E-state index is -4.03. The maximum atomic E-state index is 12.5. The third-order valence-electron chi connectivity index (χ3n) is 3.32. The van der Waals surface area contributed by atoms with E-state index >= 15 is 0 Å². The number of ether oxygens (including phenoxy) is 1. The third kappa shape index (κ3) is 3.25. The highest BCUT2D eigenvalue weighted by Crippen LogP contribution is 2.30. The van der Waals surface area contributed by atoms with Crippen LogP contribution in [0.5, 0.6) is 11.5 Å². The molecular weight excluding hydrogens is 336 g/mol. The van der Waals surface area contributed by atoms with E-state index in [9.17, 15) is 8.42 Å². The van der Waals surface area contributed by atoms with Crippen LogP contribution < -0.4 is 8.92 Å². The lowest BCUT2D eigenvalue weighted by atomic mass is 10.1. The summed E-state index contributed by atoms with van der Waals surface area (Å²) >= 11 is 5.86. The van der Waals surface area contributed by atoms with Crippen molar-refractivity contribution in [1.82, 2.24) is 0 Å². The molecule has 0 heterocycles. The van der Waals surface area contributed by atoms with Crippen molar-refractivity contribution in [2.45, 2.75) is 4.90 Å². The molecule has 3 rings (SSSR count). The predicted molar refractivity (Wildman–Crippen MR) is 89.8 cm³/mol. The molecule has 0 aromatic heterocycles. The molecule has 0 saturated carbocycles. The molecule has 0 amide bonds. The van der Waals surface area contributed by atoms with Crippen LogP contribution in [0, 0.1) is 0 Å². The van der Waals surface area contributed by atoms with Gasteiger partial charge in [-0.25, -0.2) is 0 Å². The first-order chi connectivity index (χ1) is 11.0. The average Bonchev–Trinajstić information content (AvgIpc) is 2.54. The SMILES string of the molecule is COc1cc(Cl)ccc1S(=O)(=O)Oc1ccc2ccccc2c1. The predicted octanol–water partition coefficient (Wildman–Crippen LogP) is 4.27. The second-order valence-electron chi connectivity index (χ2n) is 4.84. The van der Waals surface area contributed by atoms with Crippen LogP contribution in [0.1, 0.15) is 0 Å². The monoisotopic (exact) mass is 348 g/mol. The zero-order valence-electron chi connectivity index (χ0n) is 12.2. The fourth-order valence-corrected chi connectivity index (χ4v) is 3.47. The van der Waals surface area contributed by atoms with E-state index < -0.39 is 10.1 Å². The van der Waals surface area contributed by atoms with E-state index in [4.69, 9.17) is 20.5 Å². The van der Waals surface area contributed by atoms with Crippen molar-refractivity contribution >= 4 is 32.5 Å². The maximum absolute atomic E-state index is 12.5. The van der Waals surface area contributed by atoms with Crippen LogP contribution in [-0.4, -0.2) is 15.5 Å². The number of methoxy groups -OCH3 is 1. The smallest absolute Gasteiger partial charge is 0.342 e. The molecule has 0 aliphatic heterocycles. The fourth-order valence-electron chi connectivity index (χ4n) is 2.24.